The Hall–Kier alpha value is -4.33. The predicted octanol–water partition coefficient (Wildman–Crippen LogP) is 3.33. The maximum absolute atomic E-state index is 12.8. The van der Waals surface area contributed by atoms with E-state index in [2.05, 4.69) is 0 Å². The topological polar surface area (TPSA) is 118 Å². The molecule has 8 nitrogen and oxygen atoms in total. The number of amides is 2. The number of carbonyl (C=O) groups is 3. The Bertz CT molecular complexity index is 1200. The van der Waals surface area contributed by atoms with E-state index in [1.807, 2.05) is 0 Å². The Morgan fingerprint density at radius 2 is 1.52 bits per heavy atom. The summed E-state index contributed by atoms with van der Waals surface area (Å²) in [6.45, 7) is 0. The van der Waals surface area contributed by atoms with Gasteiger partial charge >= 0.3 is 0 Å². The van der Waals surface area contributed by atoms with E-state index in [4.69, 9.17) is 0 Å². The van der Waals surface area contributed by atoms with Crippen molar-refractivity contribution >= 4 is 29.0 Å². The number of aromatic hydroxyl groups is 1. The lowest BCUT2D eigenvalue weighted by Crippen LogP contribution is -2.29. The van der Waals surface area contributed by atoms with Gasteiger partial charge in [0.1, 0.15) is 5.75 Å². The van der Waals surface area contributed by atoms with Gasteiger partial charge in [0.15, 0.2) is 5.78 Å². The summed E-state index contributed by atoms with van der Waals surface area (Å²) >= 11 is 0. The molecule has 1 aliphatic heterocycles. The van der Waals surface area contributed by atoms with Gasteiger partial charge < -0.3 is 5.11 Å². The summed E-state index contributed by atoms with van der Waals surface area (Å²) < 4.78 is 0. The van der Waals surface area contributed by atoms with Crippen LogP contribution in [0.2, 0.25) is 0 Å². The Balaban J connectivity index is 1.70. The minimum atomic E-state index is -0.600. The van der Waals surface area contributed by atoms with Crippen molar-refractivity contribution < 1.29 is 24.4 Å². The molecule has 1 aliphatic rings. The molecule has 3 aromatic rings. The van der Waals surface area contributed by atoms with Crippen LogP contribution < -0.4 is 4.90 Å². The minimum absolute atomic E-state index is 0.00445. The summed E-state index contributed by atoms with van der Waals surface area (Å²) in [7, 11) is 0. The van der Waals surface area contributed by atoms with Gasteiger partial charge in [-0.3, -0.25) is 24.5 Å². The van der Waals surface area contributed by atoms with Crippen LogP contribution in [0.3, 0.4) is 0 Å². The number of phenolic OH excluding ortho intramolecular Hbond substituents is 1. The maximum atomic E-state index is 12.8. The molecule has 1 N–H and O–H groups in total. The molecule has 3 aromatic carbocycles. The molecule has 0 aliphatic carbocycles. The van der Waals surface area contributed by atoms with Gasteiger partial charge in [-0.25, -0.2) is 4.90 Å². The average Bonchev–Trinajstić information content (AvgIpc) is 2.98. The van der Waals surface area contributed by atoms with E-state index >= 15 is 0 Å². The van der Waals surface area contributed by atoms with Crippen molar-refractivity contribution in [3.8, 4) is 5.75 Å². The minimum Gasteiger partial charge on any atom is -0.508 e. The SMILES string of the molecule is O=C(c1cccc([N+](=O)[O-])c1)c1ccc2c(c1)C(=O)N(c1ccc(O)cc1)C2=O. The molecular weight excluding hydrogens is 376 g/mol. The number of imide groups is 1. The van der Waals surface area contributed by atoms with E-state index < -0.39 is 22.5 Å². The largest absolute Gasteiger partial charge is 0.508 e. The Morgan fingerprint density at radius 1 is 0.862 bits per heavy atom. The van der Waals surface area contributed by atoms with Crippen LogP contribution in [0.4, 0.5) is 11.4 Å². The number of hydrogen-bond donors (Lipinski definition) is 1. The van der Waals surface area contributed by atoms with Crippen LogP contribution in [-0.4, -0.2) is 27.6 Å². The molecule has 0 saturated carbocycles. The molecule has 0 unspecified atom stereocenters. The number of fused-ring (bicyclic) bond motifs is 1. The van der Waals surface area contributed by atoms with E-state index in [0.29, 0.717) is 5.69 Å². The van der Waals surface area contributed by atoms with Gasteiger partial charge in [0.05, 0.1) is 21.7 Å². The molecule has 0 atom stereocenters. The van der Waals surface area contributed by atoms with Crippen LogP contribution in [0, 0.1) is 10.1 Å². The number of anilines is 1. The quantitative estimate of drug-likeness (QED) is 0.317. The molecule has 0 fully saturated rings. The number of hydrogen-bond acceptors (Lipinski definition) is 6. The summed E-state index contributed by atoms with van der Waals surface area (Å²) in [5.41, 5.74) is 0.532. The molecule has 142 valence electrons. The van der Waals surface area contributed by atoms with Crippen LogP contribution >= 0.6 is 0 Å². The zero-order chi connectivity index (χ0) is 20.7. The van der Waals surface area contributed by atoms with E-state index in [-0.39, 0.29) is 33.7 Å². The van der Waals surface area contributed by atoms with Crippen molar-refractivity contribution in [2.45, 2.75) is 0 Å². The summed E-state index contributed by atoms with van der Waals surface area (Å²) in [4.78, 5) is 49.5. The number of carbonyl (C=O) groups excluding carboxylic acids is 3. The third kappa shape index (κ3) is 3.02. The van der Waals surface area contributed by atoms with Crippen molar-refractivity contribution in [1.29, 1.82) is 0 Å². The standard InChI is InChI=1S/C21H12N2O6/c24-16-7-5-14(6-8-16)22-20(26)17-9-4-13(11-18(17)21(22)27)19(25)12-2-1-3-15(10-12)23(28)29/h1-11,24H. The number of non-ortho nitro benzene ring substituents is 1. The monoisotopic (exact) mass is 388 g/mol. The number of nitrogens with zero attached hydrogens (tertiary/aromatic N) is 2. The number of nitro groups is 1. The third-order valence-electron chi connectivity index (χ3n) is 4.58. The van der Waals surface area contributed by atoms with Gasteiger partial charge in [-0.05, 0) is 36.4 Å². The molecule has 8 heteroatoms. The summed E-state index contributed by atoms with van der Waals surface area (Å²) in [6, 6.07) is 15.0. The highest BCUT2D eigenvalue weighted by Gasteiger charge is 2.37. The fourth-order valence-corrected chi connectivity index (χ4v) is 3.15. The van der Waals surface area contributed by atoms with Crippen molar-refractivity contribution in [3.63, 3.8) is 0 Å². The zero-order valence-electron chi connectivity index (χ0n) is 14.7. The highest BCUT2D eigenvalue weighted by Crippen LogP contribution is 2.30. The fraction of sp³-hybridized carbons (Fsp3) is 0. The summed E-state index contributed by atoms with van der Waals surface area (Å²) in [5.74, 6) is -1.63. The van der Waals surface area contributed by atoms with Gasteiger partial charge in [-0.2, -0.15) is 0 Å². The molecule has 0 spiro atoms. The van der Waals surface area contributed by atoms with Crippen LogP contribution in [-0.2, 0) is 0 Å². The second-order valence-corrected chi connectivity index (χ2v) is 6.36. The molecule has 0 bridgehead atoms. The normalized spacial score (nSPS) is 12.8. The maximum Gasteiger partial charge on any atom is 0.270 e. The molecule has 29 heavy (non-hydrogen) atoms. The van der Waals surface area contributed by atoms with Crippen LogP contribution in [0.15, 0.2) is 66.7 Å². The van der Waals surface area contributed by atoms with Crippen molar-refractivity contribution in [2.75, 3.05) is 4.90 Å². The Labute approximate surface area is 163 Å². The van der Waals surface area contributed by atoms with E-state index in [1.165, 1.54) is 60.7 Å². The molecule has 2 amide bonds. The first-order valence-corrected chi connectivity index (χ1v) is 8.48. The van der Waals surface area contributed by atoms with Crippen LogP contribution in [0.1, 0.15) is 36.6 Å². The van der Waals surface area contributed by atoms with Crippen molar-refractivity contribution in [1.82, 2.24) is 0 Å². The molecular formula is C21H12N2O6. The average molecular weight is 388 g/mol. The highest BCUT2D eigenvalue weighted by molar-refractivity contribution is 6.34. The van der Waals surface area contributed by atoms with Crippen molar-refractivity contribution in [2.24, 2.45) is 0 Å². The third-order valence-corrected chi connectivity index (χ3v) is 4.58. The number of nitro benzene ring substituents is 1. The lowest BCUT2D eigenvalue weighted by molar-refractivity contribution is -0.384. The summed E-state index contributed by atoms with van der Waals surface area (Å²) in [6.07, 6.45) is 0. The smallest absolute Gasteiger partial charge is 0.270 e. The van der Waals surface area contributed by atoms with Gasteiger partial charge in [-0.15, -0.1) is 0 Å². The first-order valence-electron chi connectivity index (χ1n) is 8.48. The number of ketones is 1. The molecule has 1 heterocycles. The molecule has 0 aromatic heterocycles. The van der Waals surface area contributed by atoms with E-state index in [9.17, 15) is 29.6 Å². The van der Waals surface area contributed by atoms with Crippen molar-refractivity contribution in [3.05, 3.63) is 99.1 Å². The predicted molar refractivity (Wildman–Crippen MR) is 102 cm³/mol. The fourth-order valence-electron chi connectivity index (χ4n) is 3.15. The van der Waals surface area contributed by atoms with E-state index in [1.54, 1.807) is 0 Å². The van der Waals surface area contributed by atoms with Crippen LogP contribution in [0.5, 0.6) is 5.75 Å². The van der Waals surface area contributed by atoms with Gasteiger partial charge in [0, 0.05) is 23.3 Å². The first-order chi connectivity index (χ1) is 13.9. The number of phenols is 1. The Morgan fingerprint density at radius 3 is 2.21 bits per heavy atom. The second kappa shape index (κ2) is 6.68. The lowest BCUT2D eigenvalue weighted by Gasteiger charge is -2.13. The van der Waals surface area contributed by atoms with E-state index in [0.717, 1.165) is 11.0 Å². The lowest BCUT2D eigenvalue weighted by atomic mass is 9.99. The zero-order valence-corrected chi connectivity index (χ0v) is 14.7. The number of benzene rings is 3. The molecule has 0 saturated heterocycles. The molecule has 4 rings (SSSR count). The van der Waals surface area contributed by atoms with Crippen LogP contribution in [0.25, 0.3) is 0 Å². The van der Waals surface area contributed by atoms with Gasteiger partial charge in [0.2, 0.25) is 0 Å². The van der Waals surface area contributed by atoms with Gasteiger partial charge in [0.25, 0.3) is 17.5 Å². The molecule has 0 radical (unpaired) electrons. The second-order valence-electron chi connectivity index (χ2n) is 6.36. The summed E-state index contributed by atoms with van der Waals surface area (Å²) in [5, 5.41) is 20.3. The number of rotatable bonds is 4. The Kier molecular flexibility index (Phi) is 4.16. The first kappa shape index (κ1) is 18.1. The highest BCUT2D eigenvalue weighted by atomic mass is 16.6. The van der Waals surface area contributed by atoms with Gasteiger partial charge in [-0.1, -0.05) is 18.2 Å².